The maximum Gasteiger partial charge on any atom is 0.129 e. The van der Waals surface area contributed by atoms with Gasteiger partial charge in [-0.25, -0.2) is 4.39 Å². The first kappa shape index (κ1) is 14.4. The van der Waals surface area contributed by atoms with Crippen LogP contribution in [0.25, 0.3) is 0 Å². The van der Waals surface area contributed by atoms with Crippen molar-refractivity contribution in [1.29, 1.82) is 0 Å². The lowest BCUT2D eigenvalue weighted by Gasteiger charge is -2.20. The summed E-state index contributed by atoms with van der Waals surface area (Å²) in [5.74, 6) is -0.223. The van der Waals surface area contributed by atoms with E-state index in [4.69, 9.17) is 11.6 Å². The van der Waals surface area contributed by atoms with E-state index < -0.39 is 0 Å². The number of nitrogens with one attached hydrogen (secondary N) is 1. The molecule has 0 saturated carbocycles. The van der Waals surface area contributed by atoms with Gasteiger partial charge < -0.3 is 5.32 Å². The van der Waals surface area contributed by atoms with Crippen LogP contribution in [-0.2, 0) is 6.54 Å². The summed E-state index contributed by atoms with van der Waals surface area (Å²) in [6, 6.07) is 4.86. The van der Waals surface area contributed by atoms with E-state index in [2.05, 4.69) is 24.1 Å². The standard InChI is InChI=1S/C13H20ClFN2/c1-3-16-7-8-17(4-2)10-11-5-6-12(14)9-13(11)15/h5-6,9,16H,3-4,7-8,10H2,1-2H3. The number of nitrogens with zero attached hydrogens (tertiary/aromatic N) is 1. The van der Waals surface area contributed by atoms with Crippen molar-refractivity contribution in [2.45, 2.75) is 20.4 Å². The molecule has 0 unspecified atom stereocenters. The Morgan fingerprint density at radius 1 is 1.35 bits per heavy atom. The Hall–Kier alpha value is -0.640. The molecule has 4 heteroatoms. The summed E-state index contributed by atoms with van der Waals surface area (Å²) in [5, 5.41) is 3.71. The van der Waals surface area contributed by atoms with Gasteiger partial charge in [-0.05, 0) is 25.2 Å². The highest BCUT2D eigenvalue weighted by atomic mass is 35.5. The molecular formula is C13H20ClFN2. The highest BCUT2D eigenvalue weighted by Crippen LogP contribution is 2.16. The van der Waals surface area contributed by atoms with Gasteiger partial charge in [-0.3, -0.25) is 4.90 Å². The van der Waals surface area contributed by atoms with Gasteiger partial charge in [0.15, 0.2) is 0 Å². The van der Waals surface area contributed by atoms with Crippen molar-refractivity contribution in [3.63, 3.8) is 0 Å². The van der Waals surface area contributed by atoms with E-state index in [1.807, 2.05) is 0 Å². The molecule has 2 nitrogen and oxygen atoms in total. The third kappa shape index (κ3) is 5.02. The average molecular weight is 259 g/mol. The van der Waals surface area contributed by atoms with Crippen molar-refractivity contribution in [2.75, 3.05) is 26.2 Å². The van der Waals surface area contributed by atoms with Crippen LogP contribution in [-0.4, -0.2) is 31.1 Å². The topological polar surface area (TPSA) is 15.3 Å². The van der Waals surface area contributed by atoms with Crippen LogP contribution in [0, 0.1) is 5.82 Å². The molecule has 0 fully saturated rings. The number of rotatable bonds is 7. The minimum atomic E-state index is -0.223. The van der Waals surface area contributed by atoms with E-state index in [1.165, 1.54) is 6.07 Å². The Bertz CT molecular complexity index is 344. The quantitative estimate of drug-likeness (QED) is 0.757. The van der Waals surface area contributed by atoms with Gasteiger partial charge in [-0.2, -0.15) is 0 Å². The molecule has 17 heavy (non-hydrogen) atoms. The minimum absolute atomic E-state index is 0.223. The zero-order valence-corrected chi connectivity index (χ0v) is 11.2. The van der Waals surface area contributed by atoms with Crippen molar-refractivity contribution >= 4 is 11.6 Å². The van der Waals surface area contributed by atoms with Crippen LogP contribution >= 0.6 is 11.6 Å². The first-order valence-electron chi connectivity index (χ1n) is 6.04. The molecule has 0 radical (unpaired) electrons. The fourth-order valence-corrected chi connectivity index (χ4v) is 1.81. The van der Waals surface area contributed by atoms with Crippen molar-refractivity contribution in [3.8, 4) is 0 Å². The van der Waals surface area contributed by atoms with Gasteiger partial charge in [0.1, 0.15) is 5.82 Å². The molecule has 1 N–H and O–H groups in total. The van der Waals surface area contributed by atoms with Crippen LogP contribution in [0.1, 0.15) is 19.4 Å². The Morgan fingerprint density at radius 2 is 2.12 bits per heavy atom. The van der Waals surface area contributed by atoms with E-state index in [9.17, 15) is 4.39 Å². The molecule has 1 aromatic carbocycles. The van der Waals surface area contributed by atoms with E-state index in [-0.39, 0.29) is 5.82 Å². The summed E-state index contributed by atoms with van der Waals surface area (Å²) in [4.78, 5) is 2.20. The van der Waals surface area contributed by atoms with Crippen molar-refractivity contribution in [2.24, 2.45) is 0 Å². The zero-order valence-electron chi connectivity index (χ0n) is 10.5. The first-order chi connectivity index (χ1) is 8.17. The van der Waals surface area contributed by atoms with Crippen LogP contribution < -0.4 is 5.32 Å². The predicted molar refractivity (Wildman–Crippen MR) is 70.9 cm³/mol. The van der Waals surface area contributed by atoms with Crippen molar-refractivity contribution < 1.29 is 4.39 Å². The van der Waals surface area contributed by atoms with E-state index >= 15 is 0 Å². The number of benzene rings is 1. The maximum absolute atomic E-state index is 13.6. The summed E-state index contributed by atoms with van der Waals surface area (Å²) in [6.45, 7) is 8.52. The largest absolute Gasteiger partial charge is 0.316 e. The van der Waals surface area contributed by atoms with E-state index in [1.54, 1.807) is 12.1 Å². The van der Waals surface area contributed by atoms with Crippen LogP contribution in [0.3, 0.4) is 0 Å². The Kier molecular flexibility index (Phi) is 6.48. The van der Waals surface area contributed by atoms with Crippen LogP contribution in [0.2, 0.25) is 5.02 Å². The van der Waals surface area contributed by atoms with Crippen LogP contribution in [0.15, 0.2) is 18.2 Å². The van der Waals surface area contributed by atoms with Gasteiger partial charge in [0.05, 0.1) is 0 Å². The maximum atomic E-state index is 13.6. The molecular weight excluding hydrogens is 239 g/mol. The molecule has 0 atom stereocenters. The second kappa shape index (κ2) is 7.64. The van der Waals surface area contributed by atoms with Crippen LogP contribution in [0.5, 0.6) is 0 Å². The number of hydrogen-bond donors (Lipinski definition) is 1. The second-order valence-electron chi connectivity index (χ2n) is 3.96. The SMILES string of the molecule is CCNCCN(CC)Cc1ccc(Cl)cc1F. The third-order valence-electron chi connectivity index (χ3n) is 2.71. The van der Waals surface area contributed by atoms with E-state index in [0.29, 0.717) is 17.1 Å². The number of hydrogen-bond acceptors (Lipinski definition) is 2. The van der Waals surface area contributed by atoms with Gasteiger partial charge in [-0.1, -0.05) is 31.5 Å². The normalized spacial score (nSPS) is 11.1. The first-order valence-corrected chi connectivity index (χ1v) is 6.42. The lowest BCUT2D eigenvalue weighted by Crippen LogP contribution is -2.31. The smallest absolute Gasteiger partial charge is 0.129 e. The Morgan fingerprint density at radius 3 is 2.71 bits per heavy atom. The molecule has 0 heterocycles. The minimum Gasteiger partial charge on any atom is -0.316 e. The predicted octanol–water partition coefficient (Wildman–Crippen LogP) is 2.91. The molecule has 0 aromatic heterocycles. The summed E-state index contributed by atoms with van der Waals surface area (Å²) in [5.41, 5.74) is 0.702. The summed E-state index contributed by atoms with van der Waals surface area (Å²) in [6.07, 6.45) is 0. The van der Waals surface area contributed by atoms with Gasteiger partial charge >= 0.3 is 0 Å². The molecule has 0 aliphatic heterocycles. The van der Waals surface area contributed by atoms with Crippen molar-refractivity contribution in [1.82, 2.24) is 10.2 Å². The molecule has 0 amide bonds. The monoisotopic (exact) mass is 258 g/mol. The Labute approximate surface area is 108 Å². The number of halogens is 2. The second-order valence-corrected chi connectivity index (χ2v) is 4.39. The summed E-state index contributed by atoms with van der Waals surface area (Å²) >= 11 is 5.73. The van der Waals surface area contributed by atoms with Crippen LogP contribution in [0.4, 0.5) is 4.39 Å². The molecule has 1 rings (SSSR count). The van der Waals surface area contributed by atoms with Crippen molar-refractivity contribution in [3.05, 3.63) is 34.6 Å². The lowest BCUT2D eigenvalue weighted by molar-refractivity contribution is 0.276. The molecule has 0 saturated heterocycles. The van der Waals surface area contributed by atoms with Gasteiger partial charge in [0.2, 0.25) is 0 Å². The fourth-order valence-electron chi connectivity index (χ4n) is 1.65. The lowest BCUT2D eigenvalue weighted by atomic mass is 10.2. The highest BCUT2D eigenvalue weighted by Gasteiger charge is 2.07. The molecule has 0 aliphatic carbocycles. The van der Waals surface area contributed by atoms with Gasteiger partial charge in [-0.15, -0.1) is 0 Å². The number of likely N-dealkylation sites (N-methyl/N-ethyl adjacent to an activating group) is 2. The molecule has 0 aliphatic rings. The zero-order chi connectivity index (χ0) is 12.7. The average Bonchev–Trinajstić information content (AvgIpc) is 2.31. The van der Waals surface area contributed by atoms with Gasteiger partial charge in [0.25, 0.3) is 0 Å². The fraction of sp³-hybridized carbons (Fsp3) is 0.538. The highest BCUT2D eigenvalue weighted by molar-refractivity contribution is 6.30. The molecule has 1 aromatic rings. The summed E-state index contributed by atoms with van der Waals surface area (Å²) < 4.78 is 13.6. The van der Waals surface area contributed by atoms with Gasteiger partial charge in [0, 0.05) is 30.2 Å². The summed E-state index contributed by atoms with van der Waals surface area (Å²) in [7, 11) is 0. The molecule has 96 valence electrons. The Balaban J connectivity index is 2.54. The van der Waals surface area contributed by atoms with E-state index in [0.717, 1.165) is 26.2 Å². The third-order valence-corrected chi connectivity index (χ3v) is 2.95. The molecule has 0 spiro atoms. The molecule has 0 bridgehead atoms.